The SMILES string of the molecule is O=[N+]([O-])c1cccc(Cl)c1S(=O)(=O)NCC1CCCN1. The lowest BCUT2D eigenvalue weighted by atomic mass is 10.2. The fourth-order valence-electron chi connectivity index (χ4n) is 2.12. The average molecular weight is 320 g/mol. The number of hydrogen-bond acceptors (Lipinski definition) is 5. The van der Waals surface area contributed by atoms with Gasteiger partial charge in [0.2, 0.25) is 10.0 Å². The normalized spacial score (nSPS) is 19.1. The van der Waals surface area contributed by atoms with Gasteiger partial charge in [0.25, 0.3) is 5.69 Å². The van der Waals surface area contributed by atoms with Gasteiger partial charge in [0.05, 0.1) is 9.95 Å². The maximum absolute atomic E-state index is 12.2. The summed E-state index contributed by atoms with van der Waals surface area (Å²) in [6, 6.07) is 3.83. The minimum atomic E-state index is -4.02. The van der Waals surface area contributed by atoms with Gasteiger partial charge in [-0.15, -0.1) is 0 Å². The smallest absolute Gasteiger partial charge is 0.290 e. The first-order chi connectivity index (χ1) is 9.42. The maximum Gasteiger partial charge on any atom is 0.290 e. The molecule has 110 valence electrons. The zero-order valence-corrected chi connectivity index (χ0v) is 12.1. The molecule has 1 aromatic carbocycles. The molecule has 0 aromatic heterocycles. The van der Waals surface area contributed by atoms with Gasteiger partial charge < -0.3 is 5.32 Å². The van der Waals surface area contributed by atoms with Crippen LogP contribution in [0.15, 0.2) is 23.1 Å². The Morgan fingerprint density at radius 3 is 2.85 bits per heavy atom. The summed E-state index contributed by atoms with van der Waals surface area (Å²) in [7, 11) is -4.02. The number of halogens is 1. The average Bonchev–Trinajstić information content (AvgIpc) is 2.89. The summed E-state index contributed by atoms with van der Waals surface area (Å²) in [5.41, 5.74) is -0.524. The highest BCUT2D eigenvalue weighted by Gasteiger charge is 2.29. The van der Waals surface area contributed by atoms with E-state index in [4.69, 9.17) is 11.6 Å². The quantitative estimate of drug-likeness (QED) is 0.629. The van der Waals surface area contributed by atoms with E-state index in [1.807, 2.05) is 0 Å². The highest BCUT2D eigenvalue weighted by molar-refractivity contribution is 7.89. The molecule has 1 atom stereocenters. The summed E-state index contributed by atoms with van der Waals surface area (Å²) >= 11 is 5.81. The van der Waals surface area contributed by atoms with Gasteiger partial charge in [0, 0.05) is 18.7 Å². The van der Waals surface area contributed by atoms with Crippen molar-refractivity contribution < 1.29 is 13.3 Å². The van der Waals surface area contributed by atoms with E-state index in [0.717, 1.165) is 25.5 Å². The number of rotatable bonds is 5. The molecule has 1 aromatic rings. The van der Waals surface area contributed by atoms with Crippen LogP contribution in [0.5, 0.6) is 0 Å². The molecule has 20 heavy (non-hydrogen) atoms. The number of nitrogens with zero attached hydrogens (tertiary/aromatic N) is 1. The lowest BCUT2D eigenvalue weighted by Crippen LogP contribution is -2.37. The summed E-state index contributed by atoms with van der Waals surface area (Å²) in [6.07, 6.45) is 1.85. The molecular weight excluding hydrogens is 306 g/mol. The molecular formula is C11H14ClN3O4S. The first-order valence-corrected chi connectivity index (χ1v) is 7.94. The molecule has 1 heterocycles. The molecule has 0 saturated carbocycles. The summed E-state index contributed by atoms with van der Waals surface area (Å²) in [5, 5.41) is 13.9. The number of hydrogen-bond donors (Lipinski definition) is 2. The molecule has 9 heteroatoms. The molecule has 2 rings (SSSR count). The van der Waals surface area contributed by atoms with E-state index in [0.29, 0.717) is 0 Å². The summed E-state index contributed by atoms with van der Waals surface area (Å²) in [5.74, 6) is 0. The van der Waals surface area contributed by atoms with Gasteiger partial charge in [-0.3, -0.25) is 10.1 Å². The molecule has 1 fully saturated rings. The highest BCUT2D eigenvalue weighted by atomic mass is 35.5. The third kappa shape index (κ3) is 3.26. The van der Waals surface area contributed by atoms with Gasteiger partial charge in [0.1, 0.15) is 0 Å². The Hall–Kier alpha value is -1.22. The van der Waals surface area contributed by atoms with Gasteiger partial charge in [0.15, 0.2) is 4.90 Å². The Kier molecular flexibility index (Phi) is 4.59. The van der Waals surface area contributed by atoms with Crippen molar-refractivity contribution in [2.24, 2.45) is 0 Å². The summed E-state index contributed by atoms with van der Waals surface area (Å²) in [6.45, 7) is 1.03. The van der Waals surface area contributed by atoms with Crippen LogP contribution in [0.2, 0.25) is 5.02 Å². The Morgan fingerprint density at radius 1 is 1.50 bits per heavy atom. The molecule has 0 aliphatic carbocycles. The van der Waals surface area contributed by atoms with E-state index in [1.54, 1.807) is 0 Å². The number of nitro groups is 1. The van der Waals surface area contributed by atoms with Gasteiger partial charge in [-0.25, -0.2) is 13.1 Å². The van der Waals surface area contributed by atoms with Crippen LogP contribution in [0.4, 0.5) is 5.69 Å². The first kappa shape index (κ1) is 15.2. The van der Waals surface area contributed by atoms with Crippen LogP contribution in [-0.4, -0.2) is 32.5 Å². The number of nitrogens with one attached hydrogen (secondary N) is 2. The Labute approximate surface area is 121 Å². The minimum absolute atomic E-state index is 0.0475. The number of nitro benzene ring substituents is 1. The van der Waals surface area contributed by atoms with Crippen LogP contribution in [-0.2, 0) is 10.0 Å². The van der Waals surface area contributed by atoms with Gasteiger partial charge in [-0.1, -0.05) is 17.7 Å². The van der Waals surface area contributed by atoms with E-state index in [1.165, 1.54) is 12.1 Å². The minimum Gasteiger partial charge on any atom is -0.313 e. The van der Waals surface area contributed by atoms with Crippen molar-refractivity contribution in [1.29, 1.82) is 0 Å². The number of sulfonamides is 1. The van der Waals surface area contributed by atoms with Crippen LogP contribution in [0.3, 0.4) is 0 Å². The fourth-order valence-corrected chi connectivity index (χ4v) is 3.90. The number of benzene rings is 1. The second kappa shape index (κ2) is 6.04. The molecule has 7 nitrogen and oxygen atoms in total. The lowest BCUT2D eigenvalue weighted by Gasteiger charge is -2.12. The molecule has 2 N–H and O–H groups in total. The van der Waals surface area contributed by atoms with E-state index in [9.17, 15) is 18.5 Å². The van der Waals surface area contributed by atoms with E-state index >= 15 is 0 Å². The van der Waals surface area contributed by atoms with Crippen molar-refractivity contribution in [2.75, 3.05) is 13.1 Å². The molecule has 1 saturated heterocycles. The Morgan fingerprint density at radius 2 is 2.25 bits per heavy atom. The van der Waals surface area contributed by atoms with Crippen molar-refractivity contribution in [3.63, 3.8) is 0 Å². The van der Waals surface area contributed by atoms with Crippen LogP contribution >= 0.6 is 11.6 Å². The van der Waals surface area contributed by atoms with Crippen molar-refractivity contribution in [1.82, 2.24) is 10.0 Å². The van der Waals surface area contributed by atoms with Crippen LogP contribution in [0.25, 0.3) is 0 Å². The van der Waals surface area contributed by atoms with Crippen molar-refractivity contribution >= 4 is 27.3 Å². The standard InChI is InChI=1S/C11H14ClN3O4S/c12-9-4-1-5-10(15(16)17)11(9)20(18,19)14-7-8-3-2-6-13-8/h1,4-5,8,13-14H,2-3,6-7H2. The van der Waals surface area contributed by atoms with E-state index < -0.39 is 25.5 Å². The Bertz CT molecular complexity index is 614. The van der Waals surface area contributed by atoms with Gasteiger partial charge >= 0.3 is 0 Å². The van der Waals surface area contributed by atoms with Gasteiger partial charge in [-0.05, 0) is 25.5 Å². The van der Waals surface area contributed by atoms with E-state index in [2.05, 4.69) is 10.0 Å². The fraction of sp³-hybridized carbons (Fsp3) is 0.455. The largest absolute Gasteiger partial charge is 0.313 e. The molecule has 1 aliphatic heterocycles. The lowest BCUT2D eigenvalue weighted by molar-refractivity contribution is -0.387. The molecule has 1 unspecified atom stereocenters. The maximum atomic E-state index is 12.2. The summed E-state index contributed by atoms with van der Waals surface area (Å²) < 4.78 is 26.8. The predicted molar refractivity (Wildman–Crippen MR) is 74.3 cm³/mol. The molecule has 1 aliphatic rings. The predicted octanol–water partition coefficient (Wildman–Crippen LogP) is 1.28. The highest BCUT2D eigenvalue weighted by Crippen LogP contribution is 2.30. The van der Waals surface area contributed by atoms with Crippen LogP contribution < -0.4 is 10.0 Å². The molecule has 0 spiro atoms. The van der Waals surface area contributed by atoms with Crippen LogP contribution in [0, 0.1) is 10.1 Å². The zero-order valence-electron chi connectivity index (χ0n) is 10.5. The molecule has 0 amide bonds. The second-order valence-electron chi connectivity index (χ2n) is 4.49. The monoisotopic (exact) mass is 319 g/mol. The third-order valence-electron chi connectivity index (χ3n) is 3.09. The van der Waals surface area contributed by atoms with Gasteiger partial charge in [-0.2, -0.15) is 0 Å². The second-order valence-corrected chi connectivity index (χ2v) is 6.60. The topological polar surface area (TPSA) is 101 Å². The summed E-state index contributed by atoms with van der Waals surface area (Å²) in [4.78, 5) is 9.69. The zero-order chi connectivity index (χ0) is 14.8. The van der Waals surface area contributed by atoms with Crippen LogP contribution in [0.1, 0.15) is 12.8 Å². The Balaban J connectivity index is 2.26. The van der Waals surface area contributed by atoms with Crippen molar-refractivity contribution in [2.45, 2.75) is 23.8 Å². The van der Waals surface area contributed by atoms with Crippen molar-refractivity contribution in [3.05, 3.63) is 33.3 Å². The third-order valence-corrected chi connectivity index (χ3v) is 5.03. The molecule has 0 radical (unpaired) electrons. The van der Waals surface area contributed by atoms with Crippen molar-refractivity contribution in [3.8, 4) is 0 Å². The van der Waals surface area contributed by atoms with E-state index in [-0.39, 0.29) is 17.6 Å². The first-order valence-electron chi connectivity index (χ1n) is 6.08. The molecule has 0 bridgehead atoms.